The number of Topliss-reactive ketones (excluding diaryl/α,β-unsaturated/α-hetero) is 1. The molecule has 1 atom stereocenters. The van der Waals surface area contributed by atoms with Crippen LogP contribution in [0.3, 0.4) is 0 Å². The van der Waals surface area contributed by atoms with Crippen molar-refractivity contribution in [3.05, 3.63) is 99.5 Å². The highest BCUT2D eigenvalue weighted by molar-refractivity contribution is 5.91. The van der Waals surface area contributed by atoms with Crippen LogP contribution in [0.5, 0.6) is 0 Å². The molecule has 0 aliphatic carbocycles. The fraction of sp³-hybridized carbons (Fsp3) is 0.333. The van der Waals surface area contributed by atoms with Crippen LogP contribution < -0.4 is 10.9 Å². The number of nitrogens with one attached hydrogen (secondary N) is 1. The van der Waals surface area contributed by atoms with Crippen molar-refractivity contribution in [1.82, 2.24) is 14.9 Å². The van der Waals surface area contributed by atoms with E-state index in [0.29, 0.717) is 23.3 Å². The molecule has 0 radical (unpaired) electrons. The maximum Gasteiger partial charge on any atom is 0.253 e. The van der Waals surface area contributed by atoms with E-state index in [4.69, 9.17) is 4.74 Å². The lowest BCUT2D eigenvalue weighted by molar-refractivity contribution is -0.128. The van der Waals surface area contributed by atoms with Crippen LogP contribution in [0.1, 0.15) is 49.1 Å². The lowest BCUT2D eigenvalue weighted by Crippen LogP contribution is -2.38. The second-order valence-electron chi connectivity index (χ2n) is 9.43. The molecule has 1 heterocycles. The summed E-state index contributed by atoms with van der Waals surface area (Å²) in [6, 6.07) is 12.2. The third kappa shape index (κ3) is 6.93. The van der Waals surface area contributed by atoms with Crippen molar-refractivity contribution < 1.29 is 18.7 Å². The summed E-state index contributed by atoms with van der Waals surface area (Å²) >= 11 is 0. The fourth-order valence-electron chi connectivity index (χ4n) is 3.76. The number of hydrogen-bond acceptors (Lipinski definition) is 5. The van der Waals surface area contributed by atoms with Crippen LogP contribution >= 0.6 is 0 Å². The highest BCUT2D eigenvalue weighted by atomic mass is 19.1. The van der Waals surface area contributed by atoms with Gasteiger partial charge in [0.15, 0.2) is 5.78 Å². The number of nitrogens with zero attached hydrogens (tertiary/aromatic N) is 2. The molecule has 1 aromatic heterocycles. The Labute approximate surface area is 204 Å². The first kappa shape index (κ1) is 26.0. The summed E-state index contributed by atoms with van der Waals surface area (Å²) in [4.78, 5) is 41.9. The minimum Gasteiger partial charge on any atom is -0.380 e. The summed E-state index contributed by atoms with van der Waals surface area (Å²) in [6.45, 7) is 5.88. The lowest BCUT2D eigenvalue weighted by Gasteiger charge is -2.21. The summed E-state index contributed by atoms with van der Waals surface area (Å²) in [5.41, 5.74) is 1.83. The number of ether oxygens (including phenoxy) is 1. The van der Waals surface area contributed by atoms with Crippen LogP contribution in [0.15, 0.2) is 65.8 Å². The molecule has 0 bridgehead atoms. The Morgan fingerprint density at radius 1 is 1.09 bits per heavy atom. The predicted octanol–water partition coefficient (Wildman–Crippen LogP) is 3.50. The number of methoxy groups -OCH3 is 1. The van der Waals surface area contributed by atoms with E-state index in [-0.39, 0.29) is 35.5 Å². The fourth-order valence-corrected chi connectivity index (χ4v) is 3.76. The van der Waals surface area contributed by atoms with E-state index < -0.39 is 11.9 Å². The molecular weight excluding hydrogens is 449 g/mol. The third-order valence-corrected chi connectivity index (χ3v) is 5.58. The zero-order valence-corrected chi connectivity index (χ0v) is 20.4. The average Bonchev–Trinajstić information content (AvgIpc) is 2.79. The molecule has 3 rings (SSSR count). The van der Waals surface area contributed by atoms with Gasteiger partial charge in [0.1, 0.15) is 18.4 Å². The predicted molar refractivity (Wildman–Crippen MR) is 130 cm³/mol. The molecule has 2 aromatic carbocycles. The second-order valence-corrected chi connectivity index (χ2v) is 9.43. The SMILES string of the molecule is COCc1ccc([C@@H](NC(=O)Cn2cnccc2=O)C(=O)Cc2ccc(C(C)(C)C)c(F)c2)cc1. The first-order valence-corrected chi connectivity index (χ1v) is 11.3. The van der Waals surface area contributed by atoms with E-state index in [1.807, 2.05) is 32.9 Å². The van der Waals surface area contributed by atoms with Crippen LogP contribution in [-0.4, -0.2) is 28.4 Å². The van der Waals surface area contributed by atoms with Crippen molar-refractivity contribution >= 4 is 11.7 Å². The monoisotopic (exact) mass is 479 g/mol. The first-order chi connectivity index (χ1) is 16.6. The first-order valence-electron chi connectivity index (χ1n) is 11.3. The largest absolute Gasteiger partial charge is 0.380 e. The van der Waals surface area contributed by atoms with E-state index in [0.717, 1.165) is 10.1 Å². The molecule has 7 nitrogen and oxygen atoms in total. The van der Waals surface area contributed by atoms with Crippen LogP contribution in [0, 0.1) is 5.82 Å². The molecule has 0 saturated carbocycles. The summed E-state index contributed by atoms with van der Waals surface area (Å²) in [5, 5.41) is 2.73. The summed E-state index contributed by atoms with van der Waals surface area (Å²) < 4.78 is 21.0. The quantitative estimate of drug-likeness (QED) is 0.507. The molecule has 0 fully saturated rings. The zero-order chi connectivity index (χ0) is 25.6. The van der Waals surface area contributed by atoms with Gasteiger partial charge in [-0.1, -0.05) is 57.2 Å². The van der Waals surface area contributed by atoms with Crippen molar-refractivity contribution in [2.75, 3.05) is 7.11 Å². The van der Waals surface area contributed by atoms with Gasteiger partial charge in [-0.05, 0) is 33.7 Å². The van der Waals surface area contributed by atoms with Crippen LogP contribution in [0.2, 0.25) is 0 Å². The molecule has 0 unspecified atom stereocenters. The van der Waals surface area contributed by atoms with Gasteiger partial charge in [-0.2, -0.15) is 0 Å². The van der Waals surface area contributed by atoms with Gasteiger partial charge in [0.05, 0.1) is 12.9 Å². The Morgan fingerprint density at radius 3 is 2.37 bits per heavy atom. The van der Waals surface area contributed by atoms with Gasteiger partial charge in [-0.25, -0.2) is 9.37 Å². The highest BCUT2D eigenvalue weighted by Gasteiger charge is 2.24. The smallest absolute Gasteiger partial charge is 0.253 e. The summed E-state index contributed by atoms with van der Waals surface area (Å²) in [5.74, 6) is -1.20. The number of amides is 1. The Morgan fingerprint density at radius 2 is 1.77 bits per heavy atom. The van der Waals surface area contributed by atoms with Crippen LogP contribution in [0.25, 0.3) is 0 Å². The van der Waals surface area contributed by atoms with Gasteiger partial charge in [-0.3, -0.25) is 19.0 Å². The highest BCUT2D eigenvalue weighted by Crippen LogP contribution is 2.26. The normalized spacial score (nSPS) is 12.3. The topological polar surface area (TPSA) is 90.3 Å². The zero-order valence-electron chi connectivity index (χ0n) is 20.4. The second kappa shape index (κ2) is 11.2. The van der Waals surface area contributed by atoms with Crippen molar-refractivity contribution in [2.24, 2.45) is 0 Å². The molecule has 8 heteroatoms. The van der Waals surface area contributed by atoms with Gasteiger partial charge in [-0.15, -0.1) is 0 Å². The summed E-state index contributed by atoms with van der Waals surface area (Å²) in [7, 11) is 1.59. The Bertz CT molecular complexity index is 1250. The number of carbonyl (C=O) groups is 2. The lowest BCUT2D eigenvalue weighted by atomic mass is 9.85. The number of ketones is 1. The molecule has 0 aliphatic rings. The maximum atomic E-state index is 14.7. The van der Waals surface area contributed by atoms with Crippen LogP contribution in [-0.2, 0) is 39.3 Å². The van der Waals surface area contributed by atoms with Crippen molar-refractivity contribution in [1.29, 1.82) is 0 Å². The molecule has 3 aromatic rings. The molecule has 1 N–H and O–H groups in total. The number of aromatic nitrogens is 2. The molecular formula is C27H30FN3O4. The molecule has 0 saturated heterocycles. The van der Waals surface area contributed by atoms with Gasteiger partial charge < -0.3 is 10.1 Å². The number of hydrogen-bond donors (Lipinski definition) is 1. The molecule has 1 amide bonds. The number of rotatable bonds is 9. The van der Waals surface area contributed by atoms with Crippen molar-refractivity contribution in [2.45, 2.75) is 51.8 Å². The molecule has 0 aliphatic heterocycles. The number of carbonyl (C=O) groups excluding carboxylic acids is 2. The molecule has 184 valence electrons. The standard InChI is InChI=1S/C27H30FN3O4/c1-27(2,3)21-10-7-19(13-22(21)28)14-23(32)26(20-8-5-18(6-9-20)16-35-4)30-24(33)15-31-17-29-12-11-25(31)34/h5-13,17,26H,14-16H2,1-4H3,(H,30,33)/t26-/m1/s1. The minimum atomic E-state index is -0.975. The minimum absolute atomic E-state index is 0.0705. The Balaban J connectivity index is 1.85. The van der Waals surface area contributed by atoms with Crippen molar-refractivity contribution in [3.63, 3.8) is 0 Å². The van der Waals surface area contributed by atoms with E-state index in [9.17, 15) is 18.8 Å². The Hall–Kier alpha value is -3.65. The van der Waals surface area contributed by atoms with Crippen LogP contribution in [0.4, 0.5) is 4.39 Å². The number of halogens is 1. The van der Waals surface area contributed by atoms with E-state index in [1.54, 1.807) is 31.4 Å². The average molecular weight is 480 g/mol. The summed E-state index contributed by atoms with van der Waals surface area (Å²) in [6.07, 6.45) is 2.53. The van der Waals surface area contributed by atoms with E-state index in [2.05, 4.69) is 10.3 Å². The van der Waals surface area contributed by atoms with Gasteiger partial charge in [0, 0.05) is 25.8 Å². The van der Waals surface area contributed by atoms with E-state index >= 15 is 0 Å². The molecule has 35 heavy (non-hydrogen) atoms. The van der Waals surface area contributed by atoms with E-state index in [1.165, 1.54) is 24.7 Å². The maximum absolute atomic E-state index is 14.7. The van der Waals surface area contributed by atoms with Gasteiger partial charge >= 0.3 is 0 Å². The van der Waals surface area contributed by atoms with Gasteiger partial charge in [0.2, 0.25) is 5.91 Å². The third-order valence-electron chi connectivity index (χ3n) is 5.58. The Kier molecular flexibility index (Phi) is 8.30. The van der Waals surface area contributed by atoms with Crippen molar-refractivity contribution in [3.8, 4) is 0 Å². The number of benzene rings is 2. The van der Waals surface area contributed by atoms with Gasteiger partial charge in [0.25, 0.3) is 5.56 Å². The molecule has 0 spiro atoms.